The molecule has 1 aromatic carbocycles. The fraction of sp³-hybridized carbons (Fsp3) is 0.222. The highest BCUT2D eigenvalue weighted by atomic mass is 16.2. The molecule has 0 aliphatic rings. The van der Waals surface area contributed by atoms with Crippen LogP contribution in [0.15, 0.2) is 24.3 Å². The third-order valence-corrected chi connectivity index (χ3v) is 1.65. The molecule has 70 valence electrons. The molecule has 0 unspecified atom stereocenters. The van der Waals surface area contributed by atoms with E-state index in [1.54, 1.807) is 19.2 Å². The maximum Gasteiger partial charge on any atom is 0.265 e. The van der Waals surface area contributed by atoms with Crippen molar-refractivity contribution in [1.82, 2.24) is 10.9 Å². The first kappa shape index (κ1) is 9.54. The van der Waals surface area contributed by atoms with Gasteiger partial charge in [-0.2, -0.15) is 0 Å². The fourth-order valence-corrected chi connectivity index (χ4v) is 1.00. The Balaban J connectivity index is 2.82. The minimum Gasteiger partial charge on any atom is -0.388 e. The van der Waals surface area contributed by atoms with Crippen LogP contribution in [0.25, 0.3) is 0 Å². The molecule has 0 radical (unpaired) electrons. The third-order valence-electron chi connectivity index (χ3n) is 1.65. The number of anilines is 1. The van der Waals surface area contributed by atoms with E-state index in [0.29, 0.717) is 5.56 Å². The maximum absolute atomic E-state index is 11.3. The lowest BCUT2D eigenvalue weighted by atomic mass is 10.2. The van der Waals surface area contributed by atoms with Gasteiger partial charge in [0.05, 0.1) is 0 Å². The molecule has 0 aliphatic carbocycles. The Labute approximate surface area is 77.3 Å². The molecule has 1 aromatic rings. The minimum absolute atomic E-state index is 0.139. The number of rotatable bonds is 3. The molecule has 0 spiro atoms. The Bertz CT molecular complexity index is 299. The third kappa shape index (κ3) is 2.45. The molecule has 4 heteroatoms. The van der Waals surface area contributed by atoms with Crippen LogP contribution in [0.1, 0.15) is 10.4 Å². The zero-order valence-electron chi connectivity index (χ0n) is 7.72. The highest BCUT2D eigenvalue weighted by Gasteiger charge is 2.03. The molecule has 0 bridgehead atoms. The van der Waals surface area contributed by atoms with Gasteiger partial charge in [0.25, 0.3) is 5.91 Å². The zero-order chi connectivity index (χ0) is 9.68. The van der Waals surface area contributed by atoms with Gasteiger partial charge < -0.3 is 5.32 Å². The topological polar surface area (TPSA) is 53.2 Å². The second-order valence-corrected chi connectivity index (χ2v) is 2.53. The van der Waals surface area contributed by atoms with Gasteiger partial charge in [-0.3, -0.25) is 10.2 Å². The van der Waals surface area contributed by atoms with Crippen LogP contribution < -0.4 is 16.2 Å². The van der Waals surface area contributed by atoms with Crippen molar-refractivity contribution in [2.75, 3.05) is 19.4 Å². The Morgan fingerprint density at radius 2 is 2.08 bits per heavy atom. The van der Waals surface area contributed by atoms with Crippen molar-refractivity contribution in [2.45, 2.75) is 0 Å². The summed E-state index contributed by atoms with van der Waals surface area (Å²) < 4.78 is 0. The lowest BCUT2D eigenvalue weighted by Crippen LogP contribution is -2.34. The molecule has 0 atom stereocenters. The van der Waals surface area contributed by atoms with E-state index in [2.05, 4.69) is 16.2 Å². The Kier molecular flexibility index (Phi) is 3.28. The van der Waals surface area contributed by atoms with E-state index in [9.17, 15) is 4.79 Å². The number of carbonyl (C=O) groups excluding carboxylic acids is 1. The van der Waals surface area contributed by atoms with E-state index >= 15 is 0 Å². The van der Waals surface area contributed by atoms with Crippen molar-refractivity contribution in [2.24, 2.45) is 0 Å². The predicted molar refractivity (Wildman–Crippen MR) is 52.5 cm³/mol. The van der Waals surface area contributed by atoms with Crippen LogP contribution in [0.3, 0.4) is 0 Å². The van der Waals surface area contributed by atoms with Crippen LogP contribution in [0.5, 0.6) is 0 Å². The summed E-state index contributed by atoms with van der Waals surface area (Å²) in [4.78, 5) is 11.3. The van der Waals surface area contributed by atoms with E-state index < -0.39 is 0 Å². The fourth-order valence-electron chi connectivity index (χ4n) is 1.00. The quantitative estimate of drug-likeness (QED) is 0.595. The number of nitrogens with one attached hydrogen (secondary N) is 3. The van der Waals surface area contributed by atoms with E-state index in [0.717, 1.165) is 5.69 Å². The number of amides is 1. The van der Waals surface area contributed by atoms with Crippen LogP contribution in [0.2, 0.25) is 0 Å². The summed E-state index contributed by atoms with van der Waals surface area (Å²) in [5.74, 6) is -0.139. The zero-order valence-corrected chi connectivity index (χ0v) is 7.72. The van der Waals surface area contributed by atoms with Gasteiger partial charge >= 0.3 is 0 Å². The van der Waals surface area contributed by atoms with E-state index in [1.165, 1.54) is 0 Å². The van der Waals surface area contributed by atoms with Crippen LogP contribution in [0.4, 0.5) is 5.69 Å². The standard InChI is InChI=1S/C9H13N3O/c1-10-8-5-3-4-7(6-8)9(13)12-11-2/h3-6,10-11H,1-2H3,(H,12,13). The van der Waals surface area contributed by atoms with Gasteiger partial charge in [0.2, 0.25) is 0 Å². The molecule has 0 heterocycles. The Morgan fingerprint density at radius 3 is 2.69 bits per heavy atom. The predicted octanol–water partition coefficient (Wildman–Crippen LogP) is 0.592. The maximum atomic E-state index is 11.3. The smallest absolute Gasteiger partial charge is 0.265 e. The first-order valence-corrected chi connectivity index (χ1v) is 4.03. The lowest BCUT2D eigenvalue weighted by molar-refractivity contribution is 0.0938. The molecular formula is C9H13N3O. The van der Waals surface area contributed by atoms with Gasteiger partial charge in [0, 0.05) is 25.3 Å². The first-order valence-electron chi connectivity index (χ1n) is 4.03. The van der Waals surface area contributed by atoms with Gasteiger partial charge in [0.1, 0.15) is 0 Å². The minimum atomic E-state index is -0.139. The van der Waals surface area contributed by atoms with Crippen molar-refractivity contribution in [3.8, 4) is 0 Å². The van der Waals surface area contributed by atoms with Gasteiger partial charge in [-0.25, -0.2) is 5.43 Å². The normalized spacial score (nSPS) is 9.38. The Morgan fingerprint density at radius 1 is 1.31 bits per heavy atom. The Hall–Kier alpha value is -1.55. The molecular weight excluding hydrogens is 166 g/mol. The van der Waals surface area contributed by atoms with Crippen molar-refractivity contribution >= 4 is 11.6 Å². The number of hydrazine groups is 1. The highest BCUT2D eigenvalue weighted by molar-refractivity contribution is 5.94. The lowest BCUT2D eigenvalue weighted by Gasteiger charge is -2.04. The average Bonchev–Trinajstić information content (AvgIpc) is 2.18. The van der Waals surface area contributed by atoms with Crippen molar-refractivity contribution in [3.63, 3.8) is 0 Å². The molecule has 1 rings (SSSR count). The molecule has 0 saturated carbocycles. The average molecular weight is 179 g/mol. The van der Waals surface area contributed by atoms with E-state index in [1.807, 2.05) is 19.2 Å². The number of benzene rings is 1. The molecule has 0 aliphatic heterocycles. The van der Waals surface area contributed by atoms with E-state index in [-0.39, 0.29) is 5.91 Å². The molecule has 13 heavy (non-hydrogen) atoms. The number of hydrogen-bond donors (Lipinski definition) is 3. The molecule has 0 aromatic heterocycles. The SMILES string of the molecule is CNNC(=O)c1cccc(NC)c1. The van der Waals surface area contributed by atoms with Gasteiger partial charge in [-0.05, 0) is 18.2 Å². The summed E-state index contributed by atoms with van der Waals surface area (Å²) in [5, 5.41) is 2.96. The summed E-state index contributed by atoms with van der Waals surface area (Å²) in [6.45, 7) is 0. The summed E-state index contributed by atoms with van der Waals surface area (Å²) >= 11 is 0. The van der Waals surface area contributed by atoms with Gasteiger partial charge in [-0.15, -0.1) is 0 Å². The monoisotopic (exact) mass is 179 g/mol. The van der Waals surface area contributed by atoms with E-state index in [4.69, 9.17) is 0 Å². The van der Waals surface area contributed by atoms with Crippen molar-refractivity contribution < 1.29 is 4.79 Å². The highest BCUT2D eigenvalue weighted by Crippen LogP contribution is 2.08. The summed E-state index contributed by atoms with van der Waals surface area (Å²) in [5.41, 5.74) is 6.63. The summed E-state index contributed by atoms with van der Waals surface area (Å²) in [6, 6.07) is 7.27. The van der Waals surface area contributed by atoms with Crippen LogP contribution in [-0.4, -0.2) is 20.0 Å². The van der Waals surface area contributed by atoms with Crippen molar-refractivity contribution in [1.29, 1.82) is 0 Å². The largest absolute Gasteiger partial charge is 0.388 e. The van der Waals surface area contributed by atoms with Crippen LogP contribution in [-0.2, 0) is 0 Å². The van der Waals surface area contributed by atoms with Crippen LogP contribution in [0, 0.1) is 0 Å². The summed E-state index contributed by atoms with van der Waals surface area (Å²) in [6.07, 6.45) is 0. The molecule has 0 fully saturated rings. The van der Waals surface area contributed by atoms with Gasteiger partial charge in [0.15, 0.2) is 0 Å². The first-order chi connectivity index (χ1) is 6.27. The molecule has 1 amide bonds. The molecule has 3 N–H and O–H groups in total. The molecule has 0 saturated heterocycles. The second-order valence-electron chi connectivity index (χ2n) is 2.53. The number of carbonyl (C=O) groups is 1. The second kappa shape index (κ2) is 4.47. The molecule has 4 nitrogen and oxygen atoms in total. The number of hydrogen-bond acceptors (Lipinski definition) is 3. The van der Waals surface area contributed by atoms with Crippen LogP contribution >= 0.6 is 0 Å². The summed E-state index contributed by atoms with van der Waals surface area (Å²) in [7, 11) is 3.47. The van der Waals surface area contributed by atoms with Gasteiger partial charge in [-0.1, -0.05) is 6.07 Å². The van der Waals surface area contributed by atoms with Crippen molar-refractivity contribution in [3.05, 3.63) is 29.8 Å².